The molecule has 1 aromatic carbocycles. The second kappa shape index (κ2) is 9.42. The lowest BCUT2D eigenvalue weighted by Crippen LogP contribution is -2.41. The third-order valence-corrected chi connectivity index (χ3v) is 6.88. The molecule has 6 nitrogen and oxygen atoms in total. The van der Waals surface area contributed by atoms with Gasteiger partial charge in [0, 0.05) is 13.1 Å². The maximum absolute atomic E-state index is 13.4. The molecule has 1 saturated heterocycles. The van der Waals surface area contributed by atoms with Gasteiger partial charge in [0.15, 0.2) is 0 Å². The second-order valence-electron chi connectivity index (χ2n) is 7.22. The van der Waals surface area contributed by atoms with Crippen molar-refractivity contribution in [2.24, 2.45) is 5.92 Å². The lowest BCUT2D eigenvalue weighted by Gasteiger charge is -2.30. The number of carbonyl (C=O) groups excluding carboxylic acids is 2. The Bertz CT molecular complexity index is 1090. The van der Waals surface area contributed by atoms with Crippen LogP contribution in [-0.4, -0.2) is 46.3 Å². The average Bonchev–Trinajstić information content (AvgIpc) is 3.45. The van der Waals surface area contributed by atoms with E-state index in [0.29, 0.717) is 59.7 Å². The number of benzene rings is 1. The normalized spacial score (nSPS) is 14.6. The number of halogens is 2. The van der Waals surface area contributed by atoms with Crippen molar-refractivity contribution in [3.63, 3.8) is 0 Å². The van der Waals surface area contributed by atoms with E-state index < -0.39 is 0 Å². The Labute approximate surface area is 194 Å². The summed E-state index contributed by atoms with van der Waals surface area (Å²) in [5, 5.41) is 7.47. The first-order chi connectivity index (χ1) is 15.0. The summed E-state index contributed by atoms with van der Waals surface area (Å²) in [6.07, 6.45) is 1.17. The van der Waals surface area contributed by atoms with Crippen molar-refractivity contribution < 1.29 is 14.3 Å². The minimum atomic E-state index is -0.185. The molecule has 0 aliphatic carbocycles. The summed E-state index contributed by atoms with van der Waals surface area (Å²) < 4.78 is 6.73. The van der Waals surface area contributed by atoms with Gasteiger partial charge in [0.05, 0.1) is 33.1 Å². The number of nitrogens with zero attached hydrogens (tertiary/aromatic N) is 3. The zero-order valence-electron chi connectivity index (χ0n) is 16.9. The van der Waals surface area contributed by atoms with Crippen molar-refractivity contribution in [1.29, 1.82) is 0 Å². The van der Waals surface area contributed by atoms with Gasteiger partial charge in [0.1, 0.15) is 11.4 Å². The number of likely N-dealkylation sites (tertiary alicyclic amines) is 1. The second-order valence-corrected chi connectivity index (χ2v) is 8.98. The van der Waals surface area contributed by atoms with E-state index in [0.717, 1.165) is 4.88 Å². The summed E-state index contributed by atoms with van der Waals surface area (Å²) in [5.74, 6) is -0.482. The molecule has 1 aliphatic rings. The molecule has 0 unspecified atom stereocenters. The fourth-order valence-electron chi connectivity index (χ4n) is 3.63. The largest absolute Gasteiger partial charge is 0.466 e. The summed E-state index contributed by atoms with van der Waals surface area (Å²) in [6, 6.07) is 10.9. The van der Waals surface area contributed by atoms with E-state index in [1.54, 1.807) is 52.1 Å². The van der Waals surface area contributed by atoms with Gasteiger partial charge in [-0.25, -0.2) is 4.68 Å². The van der Waals surface area contributed by atoms with E-state index >= 15 is 0 Å². The minimum absolute atomic E-state index is 0.135. The van der Waals surface area contributed by atoms with Gasteiger partial charge >= 0.3 is 5.97 Å². The number of hydrogen-bond acceptors (Lipinski definition) is 5. The highest BCUT2D eigenvalue weighted by atomic mass is 35.5. The van der Waals surface area contributed by atoms with E-state index in [4.69, 9.17) is 27.9 Å². The van der Waals surface area contributed by atoms with Crippen LogP contribution in [0.25, 0.3) is 16.3 Å². The number of esters is 1. The van der Waals surface area contributed by atoms with Crippen LogP contribution in [0.1, 0.15) is 30.3 Å². The first-order valence-electron chi connectivity index (χ1n) is 10.0. The number of amides is 1. The number of piperidine rings is 1. The van der Waals surface area contributed by atoms with Crippen molar-refractivity contribution in [1.82, 2.24) is 14.7 Å². The highest BCUT2D eigenvalue weighted by molar-refractivity contribution is 7.13. The monoisotopic (exact) mass is 477 g/mol. The molecule has 0 saturated carbocycles. The maximum Gasteiger partial charge on any atom is 0.309 e. The predicted molar refractivity (Wildman–Crippen MR) is 122 cm³/mol. The van der Waals surface area contributed by atoms with Crippen LogP contribution in [0.3, 0.4) is 0 Å². The minimum Gasteiger partial charge on any atom is -0.466 e. The van der Waals surface area contributed by atoms with Crippen molar-refractivity contribution in [3.05, 3.63) is 57.5 Å². The standard InChI is InChI=1S/C22H21Cl2N3O3S/c1-2-30-22(29)14-7-9-26(10-8-14)21(28)19-13-18(20-4-3-11-31-20)25-27(19)15-5-6-16(23)17(24)12-15/h3-6,11-14H,2,7-10H2,1H3. The van der Waals surface area contributed by atoms with Crippen molar-refractivity contribution in [2.45, 2.75) is 19.8 Å². The third kappa shape index (κ3) is 4.63. The maximum atomic E-state index is 13.4. The SMILES string of the molecule is CCOC(=O)C1CCN(C(=O)c2cc(-c3cccs3)nn2-c2ccc(Cl)c(Cl)c2)CC1. The van der Waals surface area contributed by atoms with Crippen LogP contribution < -0.4 is 0 Å². The van der Waals surface area contributed by atoms with E-state index in [-0.39, 0.29) is 17.8 Å². The van der Waals surface area contributed by atoms with Crippen LogP contribution in [-0.2, 0) is 9.53 Å². The van der Waals surface area contributed by atoms with Crippen molar-refractivity contribution in [2.75, 3.05) is 19.7 Å². The summed E-state index contributed by atoms with van der Waals surface area (Å²) in [7, 11) is 0. The van der Waals surface area contributed by atoms with Gasteiger partial charge in [-0.05, 0) is 55.5 Å². The molecule has 1 aliphatic heterocycles. The Morgan fingerprint density at radius 3 is 2.58 bits per heavy atom. The van der Waals surface area contributed by atoms with Crippen LogP contribution in [0.2, 0.25) is 10.0 Å². The quantitative estimate of drug-likeness (QED) is 0.466. The van der Waals surface area contributed by atoms with Gasteiger partial charge in [0.25, 0.3) is 5.91 Å². The molecule has 3 heterocycles. The zero-order chi connectivity index (χ0) is 22.0. The van der Waals surface area contributed by atoms with E-state index in [9.17, 15) is 9.59 Å². The Balaban J connectivity index is 1.63. The first-order valence-corrected chi connectivity index (χ1v) is 11.7. The summed E-state index contributed by atoms with van der Waals surface area (Å²) in [6.45, 7) is 3.14. The van der Waals surface area contributed by atoms with Gasteiger partial charge in [-0.15, -0.1) is 11.3 Å². The van der Waals surface area contributed by atoms with Gasteiger partial charge in [-0.1, -0.05) is 29.3 Å². The number of thiophene rings is 1. The van der Waals surface area contributed by atoms with Crippen molar-refractivity contribution >= 4 is 46.4 Å². The smallest absolute Gasteiger partial charge is 0.309 e. The molecule has 4 rings (SSSR count). The van der Waals surface area contributed by atoms with Gasteiger partial charge in [-0.2, -0.15) is 5.10 Å². The summed E-state index contributed by atoms with van der Waals surface area (Å²) in [5.41, 5.74) is 1.81. The average molecular weight is 478 g/mol. The molecule has 0 atom stereocenters. The lowest BCUT2D eigenvalue weighted by molar-refractivity contribution is -0.149. The number of rotatable bonds is 5. The molecule has 1 amide bonds. The molecule has 0 bridgehead atoms. The molecule has 0 spiro atoms. The first kappa shape index (κ1) is 21.9. The molecule has 3 aromatic rings. The zero-order valence-corrected chi connectivity index (χ0v) is 19.2. The van der Waals surface area contributed by atoms with Crippen LogP contribution in [0, 0.1) is 5.92 Å². The third-order valence-electron chi connectivity index (χ3n) is 5.25. The molecule has 1 fully saturated rings. The number of aromatic nitrogens is 2. The fraction of sp³-hybridized carbons (Fsp3) is 0.318. The fourth-order valence-corrected chi connectivity index (χ4v) is 4.61. The van der Waals surface area contributed by atoms with Gasteiger partial charge < -0.3 is 9.64 Å². The van der Waals surface area contributed by atoms with Crippen LogP contribution >= 0.6 is 34.5 Å². The topological polar surface area (TPSA) is 64.4 Å². The molecule has 2 aromatic heterocycles. The van der Waals surface area contributed by atoms with Gasteiger partial charge in [-0.3, -0.25) is 9.59 Å². The van der Waals surface area contributed by atoms with E-state index in [1.165, 1.54) is 0 Å². The summed E-state index contributed by atoms with van der Waals surface area (Å²) >= 11 is 13.8. The molecule has 162 valence electrons. The van der Waals surface area contributed by atoms with Crippen molar-refractivity contribution in [3.8, 4) is 16.3 Å². The molecule has 9 heteroatoms. The van der Waals surface area contributed by atoms with E-state index in [2.05, 4.69) is 5.10 Å². The number of carbonyl (C=O) groups is 2. The number of hydrogen-bond donors (Lipinski definition) is 0. The molecule has 0 N–H and O–H groups in total. The van der Waals surface area contributed by atoms with Gasteiger partial charge in [0.2, 0.25) is 0 Å². The Morgan fingerprint density at radius 1 is 1.16 bits per heavy atom. The molecular formula is C22H21Cl2N3O3S. The molecular weight excluding hydrogens is 457 g/mol. The molecule has 0 radical (unpaired) electrons. The number of ether oxygens (including phenoxy) is 1. The Hall–Kier alpha value is -2.35. The lowest BCUT2D eigenvalue weighted by atomic mass is 9.97. The van der Waals surface area contributed by atoms with Crippen LogP contribution in [0.4, 0.5) is 0 Å². The Morgan fingerprint density at radius 2 is 1.94 bits per heavy atom. The molecule has 31 heavy (non-hydrogen) atoms. The highest BCUT2D eigenvalue weighted by Crippen LogP contribution is 2.30. The highest BCUT2D eigenvalue weighted by Gasteiger charge is 2.30. The predicted octanol–water partition coefficient (Wildman–Crippen LogP) is 5.32. The van der Waals surface area contributed by atoms with E-state index in [1.807, 2.05) is 17.5 Å². The van der Waals surface area contributed by atoms with Crippen LogP contribution in [0.5, 0.6) is 0 Å². The Kier molecular flexibility index (Phi) is 6.65. The summed E-state index contributed by atoms with van der Waals surface area (Å²) in [4.78, 5) is 28.2. The van der Waals surface area contributed by atoms with Crippen LogP contribution in [0.15, 0.2) is 41.8 Å².